The number of fused-ring (bicyclic) bond motifs is 1. The van der Waals surface area contributed by atoms with E-state index in [1.807, 2.05) is 24.3 Å². The standard InChI is InChI=1S/C20H25N3O5S/c1-3-23-13-15(27-17-7-5-4-6-16(17)23)12-22(2)20(24)18-10-11-19(28-18)29(25,26)21-14-8-9-14/h4-7,10-11,14-15,21H,3,8-9,12-13H2,1-2H3/t15-/m0/s1. The summed E-state index contributed by atoms with van der Waals surface area (Å²) in [6, 6.07) is 10.5. The number of nitrogens with zero attached hydrogens (tertiary/aromatic N) is 2. The van der Waals surface area contributed by atoms with Crippen LogP contribution in [0.3, 0.4) is 0 Å². The van der Waals surface area contributed by atoms with Crippen molar-refractivity contribution in [2.75, 3.05) is 31.6 Å². The second kappa shape index (κ2) is 7.72. The van der Waals surface area contributed by atoms with E-state index in [0.717, 1.165) is 30.8 Å². The predicted molar refractivity (Wildman–Crippen MR) is 108 cm³/mol. The number of nitrogens with one attached hydrogen (secondary N) is 1. The summed E-state index contributed by atoms with van der Waals surface area (Å²) in [4.78, 5) is 16.4. The van der Waals surface area contributed by atoms with Gasteiger partial charge in [0, 0.05) is 19.6 Å². The fourth-order valence-electron chi connectivity index (χ4n) is 3.41. The summed E-state index contributed by atoms with van der Waals surface area (Å²) in [6.45, 7) is 3.93. The topological polar surface area (TPSA) is 92.1 Å². The molecule has 2 aliphatic rings. The maximum absolute atomic E-state index is 12.7. The van der Waals surface area contributed by atoms with Crippen LogP contribution in [0.1, 0.15) is 30.3 Å². The van der Waals surface area contributed by atoms with Crippen LogP contribution < -0.4 is 14.4 Å². The number of carbonyl (C=O) groups excluding carboxylic acids is 1. The van der Waals surface area contributed by atoms with Gasteiger partial charge in [0.2, 0.25) is 5.09 Å². The zero-order valence-electron chi connectivity index (χ0n) is 16.5. The summed E-state index contributed by atoms with van der Waals surface area (Å²) in [5.74, 6) is 0.402. The summed E-state index contributed by atoms with van der Waals surface area (Å²) >= 11 is 0. The Labute approximate surface area is 170 Å². The number of ether oxygens (including phenoxy) is 1. The molecule has 1 aliphatic heterocycles. The second-order valence-electron chi connectivity index (χ2n) is 7.45. The lowest BCUT2D eigenvalue weighted by Crippen LogP contribution is -2.46. The third kappa shape index (κ3) is 4.25. The van der Waals surface area contributed by atoms with E-state index in [1.165, 1.54) is 17.0 Å². The number of likely N-dealkylation sites (N-methyl/N-ethyl adjacent to an activating group) is 2. The Morgan fingerprint density at radius 1 is 1.24 bits per heavy atom. The zero-order chi connectivity index (χ0) is 20.6. The van der Waals surface area contributed by atoms with Gasteiger partial charge >= 0.3 is 0 Å². The number of furan rings is 1. The average molecular weight is 420 g/mol. The number of para-hydroxylation sites is 2. The lowest BCUT2D eigenvalue weighted by molar-refractivity contribution is 0.0674. The van der Waals surface area contributed by atoms with Gasteiger partial charge < -0.3 is 19.0 Å². The van der Waals surface area contributed by atoms with Gasteiger partial charge in [-0.2, -0.15) is 0 Å². The Bertz CT molecular complexity index is 999. The van der Waals surface area contributed by atoms with E-state index < -0.39 is 10.0 Å². The van der Waals surface area contributed by atoms with Crippen molar-refractivity contribution in [2.24, 2.45) is 0 Å². The molecule has 29 heavy (non-hydrogen) atoms. The number of rotatable bonds is 7. The van der Waals surface area contributed by atoms with Gasteiger partial charge in [0.25, 0.3) is 15.9 Å². The lowest BCUT2D eigenvalue weighted by atomic mass is 10.2. The first kappa shape index (κ1) is 19.8. The van der Waals surface area contributed by atoms with Gasteiger partial charge in [-0.3, -0.25) is 4.79 Å². The maximum atomic E-state index is 12.7. The summed E-state index contributed by atoms with van der Waals surface area (Å²) in [6.07, 6.45) is 1.45. The normalized spacial score (nSPS) is 18.8. The van der Waals surface area contributed by atoms with Crippen LogP contribution in [0, 0.1) is 0 Å². The van der Waals surface area contributed by atoms with Crippen molar-refractivity contribution in [3.63, 3.8) is 0 Å². The molecular formula is C20H25N3O5S. The molecule has 1 aliphatic carbocycles. The number of benzene rings is 1. The molecule has 8 nitrogen and oxygen atoms in total. The van der Waals surface area contributed by atoms with Crippen LogP contribution in [0.15, 0.2) is 45.9 Å². The van der Waals surface area contributed by atoms with Crippen molar-refractivity contribution in [2.45, 2.75) is 37.0 Å². The lowest BCUT2D eigenvalue weighted by Gasteiger charge is -2.37. The highest BCUT2D eigenvalue weighted by molar-refractivity contribution is 7.89. The first-order valence-corrected chi connectivity index (χ1v) is 11.2. The molecule has 9 heteroatoms. The molecule has 1 atom stereocenters. The molecule has 1 fully saturated rings. The Morgan fingerprint density at radius 3 is 2.72 bits per heavy atom. The summed E-state index contributed by atoms with van der Waals surface area (Å²) in [7, 11) is -2.07. The van der Waals surface area contributed by atoms with Gasteiger partial charge in [0.15, 0.2) is 5.76 Å². The highest BCUT2D eigenvalue weighted by Gasteiger charge is 2.31. The Hall–Kier alpha value is -2.52. The third-order valence-corrected chi connectivity index (χ3v) is 6.48. The van der Waals surface area contributed by atoms with E-state index in [1.54, 1.807) is 7.05 Å². The van der Waals surface area contributed by atoms with E-state index in [2.05, 4.69) is 16.5 Å². The van der Waals surface area contributed by atoms with E-state index in [-0.39, 0.29) is 28.9 Å². The fraction of sp³-hybridized carbons (Fsp3) is 0.450. The molecule has 1 N–H and O–H groups in total. The van der Waals surface area contributed by atoms with Crippen LogP contribution >= 0.6 is 0 Å². The van der Waals surface area contributed by atoms with Crippen molar-refractivity contribution < 1.29 is 22.4 Å². The average Bonchev–Trinajstić information content (AvgIpc) is 3.35. The van der Waals surface area contributed by atoms with Crippen LogP contribution in [0.2, 0.25) is 0 Å². The summed E-state index contributed by atoms with van der Waals surface area (Å²) in [5.41, 5.74) is 1.05. The molecule has 156 valence electrons. The Morgan fingerprint density at radius 2 is 2.00 bits per heavy atom. The van der Waals surface area contributed by atoms with E-state index in [4.69, 9.17) is 9.15 Å². The van der Waals surface area contributed by atoms with Crippen LogP contribution in [-0.2, 0) is 10.0 Å². The van der Waals surface area contributed by atoms with Crippen molar-refractivity contribution in [1.29, 1.82) is 0 Å². The third-order valence-electron chi connectivity index (χ3n) is 5.09. The van der Waals surface area contributed by atoms with Gasteiger partial charge in [0.05, 0.1) is 18.8 Å². The highest BCUT2D eigenvalue weighted by atomic mass is 32.2. The predicted octanol–water partition coefficient (Wildman–Crippen LogP) is 2.08. The van der Waals surface area contributed by atoms with Crippen LogP contribution in [-0.4, -0.2) is 58.1 Å². The monoisotopic (exact) mass is 419 g/mol. The van der Waals surface area contributed by atoms with Gasteiger partial charge in [0.1, 0.15) is 11.9 Å². The zero-order valence-corrected chi connectivity index (χ0v) is 17.3. The number of anilines is 1. The molecule has 1 saturated carbocycles. The number of hydrogen-bond acceptors (Lipinski definition) is 6. The fourth-order valence-corrected chi connectivity index (χ4v) is 4.65. The van der Waals surface area contributed by atoms with Crippen molar-refractivity contribution in [3.8, 4) is 5.75 Å². The minimum Gasteiger partial charge on any atom is -0.485 e. The molecule has 1 aromatic heterocycles. The Balaban J connectivity index is 1.42. The molecule has 1 amide bonds. The van der Waals surface area contributed by atoms with Gasteiger partial charge in [-0.05, 0) is 44.0 Å². The highest BCUT2D eigenvalue weighted by Crippen LogP contribution is 2.33. The van der Waals surface area contributed by atoms with E-state index >= 15 is 0 Å². The molecule has 0 radical (unpaired) electrons. The van der Waals surface area contributed by atoms with Gasteiger partial charge in [-0.15, -0.1) is 0 Å². The SMILES string of the molecule is CCN1C[C@H](CN(C)C(=O)c2ccc(S(=O)(=O)NC3CC3)o2)Oc2ccccc21. The molecule has 0 unspecified atom stereocenters. The van der Waals surface area contributed by atoms with Crippen LogP contribution in [0.4, 0.5) is 5.69 Å². The number of hydrogen-bond donors (Lipinski definition) is 1. The van der Waals surface area contributed by atoms with Crippen LogP contribution in [0.25, 0.3) is 0 Å². The molecule has 1 aromatic carbocycles. The van der Waals surface area contributed by atoms with Crippen molar-refractivity contribution in [3.05, 3.63) is 42.2 Å². The maximum Gasteiger partial charge on any atom is 0.289 e. The number of carbonyl (C=O) groups is 1. The molecule has 0 saturated heterocycles. The largest absolute Gasteiger partial charge is 0.485 e. The first-order valence-electron chi connectivity index (χ1n) is 9.75. The second-order valence-corrected chi connectivity index (χ2v) is 9.09. The minimum atomic E-state index is -3.73. The quantitative estimate of drug-likeness (QED) is 0.739. The molecule has 4 rings (SSSR count). The van der Waals surface area contributed by atoms with Crippen LogP contribution in [0.5, 0.6) is 5.75 Å². The number of amides is 1. The molecule has 0 bridgehead atoms. The summed E-state index contributed by atoms with van der Waals surface area (Å²) < 4.78 is 38.4. The molecular weight excluding hydrogens is 394 g/mol. The Kier molecular flexibility index (Phi) is 5.26. The van der Waals surface area contributed by atoms with Crippen molar-refractivity contribution in [1.82, 2.24) is 9.62 Å². The summed E-state index contributed by atoms with van der Waals surface area (Å²) in [5, 5.41) is -0.235. The van der Waals surface area contributed by atoms with Gasteiger partial charge in [-0.1, -0.05) is 12.1 Å². The minimum absolute atomic E-state index is 0.00720. The first-order chi connectivity index (χ1) is 13.9. The molecule has 2 aromatic rings. The molecule has 2 heterocycles. The molecule has 0 spiro atoms. The van der Waals surface area contributed by atoms with E-state index in [0.29, 0.717) is 13.1 Å². The van der Waals surface area contributed by atoms with Gasteiger partial charge in [-0.25, -0.2) is 13.1 Å². The smallest absolute Gasteiger partial charge is 0.289 e. The number of sulfonamides is 1. The van der Waals surface area contributed by atoms with Crippen molar-refractivity contribution >= 4 is 21.6 Å². The van der Waals surface area contributed by atoms with E-state index in [9.17, 15) is 13.2 Å².